The van der Waals surface area contributed by atoms with E-state index in [4.69, 9.17) is 9.47 Å². The number of aromatic nitrogens is 3. The van der Waals surface area contributed by atoms with E-state index in [-0.39, 0.29) is 12.2 Å². The zero-order valence-electron chi connectivity index (χ0n) is 15.4. The lowest BCUT2D eigenvalue weighted by molar-refractivity contribution is 0.121. The fraction of sp³-hybridized carbons (Fsp3) is 0.400. The van der Waals surface area contributed by atoms with Gasteiger partial charge in [-0.2, -0.15) is 5.10 Å². The van der Waals surface area contributed by atoms with Gasteiger partial charge in [-0.1, -0.05) is 0 Å². The van der Waals surface area contributed by atoms with Crippen molar-refractivity contribution in [2.75, 3.05) is 25.1 Å². The molecule has 0 amide bonds. The molecule has 1 saturated heterocycles. The van der Waals surface area contributed by atoms with Crippen molar-refractivity contribution in [2.45, 2.75) is 32.5 Å². The molecule has 1 atom stereocenters. The number of rotatable bonds is 5. The zero-order valence-corrected chi connectivity index (χ0v) is 15.4. The van der Waals surface area contributed by atoms with E-state index < -0.39 is 0 Å². The minimum Gasteiger partial charge on any atom is -0.491 e. The van der Waals surface area contributed by atoms with Crippen LogP contribution < -0.4 is 9.64 Å². The van der Waals surface area contributed by atoms with Crippen LogP contribution >= 0.6 is 0 Å². The van der Waals surface area contributed by atoms with Gasteiger partial charge in [-0.05, 0) is 50.6 Å². The monoisotopic (exact) mass is 352 g/mol. The Morgan fingerprint density at radius 2 is 2.12 bits per heavy atom. The number of benzene rings is 1. The minimum absolute atomic E-state index is 0.138. The van der Waals surface area contributed by atoms with Gasteiger partial charge in [0.1, 0.15) is 17.3 Å². The summed E-state index contributed by atoms with van der Waals surface area (Å²) in [4.78, 5) is 6.81. The topological polar surface area (TPSA) is 63.3 Å². The first-order chi connectivity index (χ1) is 12.6. The van der Waals surface area contributed by atoms with E-state index in [1.807, 2.05) is 44.3 Å². The van der Waals surface area contributed by atoms with Gasteiger partial charge in [0.15, 0.2) is 0 Å². The average molecular weight is 352 g/mol. The predicted molar refractivity (Wildman–Crippen MR) is 103 cm³/mol. The van der Waals surface area contributed by atoms with Crippen molar-refractivity contribution in [3.05, 3.63) is 36.5 Å². The van der Waals surface area contributed by atoms with Crippen LogP contribution in [-0.4, -0.2) is 47.6 Å². The SMILES string of the molecule is COC1CCN(c2cc(-c3n[nH]c4ccc(OC(C)C)cc34)ccn2)C1. The van der Waals surface area contributed by atoms with Crippen molar-refractivity contribution < 1.29 is 9.47 Å². The summed E-state index contributed by atoms with van der Waals surface area (Å²) >= 11 is 0. The van der Waals surface area contributed by atoms with E-state index in [0.717, 1.165) is 53.2 Å². The first-order valence-electron chi connectivity index (χ1n) is 9.03. The van der Waals surface area contributed by atoms with E-state index in [0.29, 0.717) is 0 Å². The van der Waals surface area contributed by atoms with E-state index in [2.05, 4.69) is 26.1 Å². The van der Waals surface area contributed by atoms with Crippen LogP contribution in [0.4, 0.5) is 5.82 Å². The molecular formula is C20H24N4O2. The molecule has 0 spiro atoms. The first-order valence-corrected chi connectivity index (χ1v) is 9.03. The average Bonchev–Trinajstić information content (AvgIpc) is 3.28. The summed E-state index contributed by atoms with van der Waals surface area (Å²) < 4.78 is 11.3. The zero-order chi connectivity index (χ0) is 18.1. The Hall–Kier alpha value is -2.60. The standard InChI is InChI=1S/C20H24N4O2/c1-13(2)26-15-4-5-18-17(11-15)20(23-22-18)14-6-8-21-19(10-14)24-9-7-16(12-24)25-3/h4-6,8,10-11,13,16H,7,9,12H2,1-3H3,(H,22,23). The Balaban J connectivity index is 1.68. The molecule has 1 aromatic carbocycles. The Labute approximate surface area is 153 Å². The Morgan fingerprint density at radius 1 is 1.23 bits per heavy atom. The van der Waals surface area contributed by atoms with Crippen LogP contribution in [0.1, 0.15) is 20.3 Å². The van der Waals surface area contributed by atoms with Gasteiger partial charge >= 0.3 is 0 Å². The van der Waals surface area contributed by atoms with E-state index in [9.17, 15) is 0 Å². The maximum absolute atomic E-state index is 5.84. The molecule has 3 heterocycles. The molecule has 4 rings (SSSR count). The highest BCUT2D eigenvalue weighted by molar-refractivity contribution is 5.94. The van der Waals surface area contributed by atoms with Crippen LogP contribution in [0.25, 0.3) is 22.2 Å². The first kappa shape index (κ1) is 16.8. The van der Waals surface area contributed by atoms with Gasteiger partial charge < -0.3 is 14.4 Å². The number of hydrogen-bond acceptors (Lipinski definition) is 5. The highest BCUT2D eigenvalue weighted by Gasteiger charge is 2.23. The molecule has 0 saturated carbocycles. The molecule has 2 aromatic heterocycles. The van der Waals surface area contributed by atoms with Gasteiger partial charge in [-0.25, -0.2) is 4.98 Å². The van der Waals surface area contributed by atoms with E-state index >= 15 is 0 Å². The molecule has 0 aliphatic carbocycles. The van der Waals surface area contributed by atoms with Crippen molar-refractivity contribution in [1.29, 1.82) is 0 Å². The van der Waals surface area contributed by atoms with Crippen molar-refractivity contribution in [2.24, 2.45) is 0 Å². The molecule has 1 N–H and O–H groups in total. The second-order valence-corrected chi connectivity index (χ2v) is 6.94. The third-order valence-corrected chi connectivity index (χ3v) is 4.73. The number of pyridine rings is 1. The molecule has 1 aliphatic rings. The fourth-order valence-electron chi connectivity index (χ4n) is 3.43. The molecule has 26 heavy (non-hydrogen) atoms. The third kappa shape index (κ3) is 3.24. The Bertz CT molecular complexity index is 906. The number of ether oxygens (including phenoxy) is 2. The maximum Gasteiger partial charge on any atom is 0.129 e. The molecular weight excluding hydrogens is 328 g/mol. The van der Waals surface area contributed by atoms with Gasteiger partial charge in [0.2, 0.25) is 0 Å². The number of anilines is 1. The van der Waals surface area contributed by atoms with Crippen LogP contribution in [0, 0.1) is 0 Å². The molecule has 6 nitrogen and oxygen atoms in total. The van der Waals surface area contributed by atoms with Crippen LogP contribution in [-0.2, 0) is 4.74 Å². The molecule has 1 unspecified atom stereocenters. The molecule has 6 heteroatoms. The number of H-pyrrole nitrogens is 1. The lowest BCUT2D eigenvalue weighted by atomic mass is 10.1. The number of fused-ring (bicyclic) bond motifs is 1. The van der Waals surface area contributed by atoms with Crippen molar-refractivity contribution in [3.63, 3.8) is 0 Å². The Kier molecular flexibility index (Phi) is 4.51. The number of aromatic amines is 1. The second kappa shape index (κ2) is 6.96. The largest absolute Gasteiger partial charge is 0.491 e. The van der Waals surface area contributed by atoms with Gasteiger partial charge in [-0.3, -0.25) is 5.10 Å². The summed E-state index contributed by atoms with van der Waals surface area (Å²) in [5.74, 6) is 1.82. The van der Waals surface area contributed by atoms with E-state index in [1.54, 1.807) is 7.11 Å². The molecule has 0 radical (unpaired) electrons. The highest BCUT2D eigenvalue weighted by Crippen LogP contribution is 2.31. The van der Waals surface area contributed by atoms with Crippen molar-refractivity contribution in [1.82, 2.24) is 15.2 Å². The quantitative estimate of drug-likeness (QED) is 0.759. The van der Waals surface area contributed by atoms with Gasteiger partial charge in [-0.15, -0.1) is 0 Å². The van der Waals surface area contributed by atoms with Gasteiger partial charge in [0.25, 0.3) is 0 Å². The predicted octanol–water partition coefficient (Wildman–Crippen LogP) is 3.64. The molecule has 3 aromatic rings. The smallest absolute Gasteiger partial charge is 0.129 e. The molecule has 1 fully saturated rings. The number of nitrogens with zero attached hydrogens (tertiary/aromatic N) is 3. The summed E-state index contributed by atoms with van der Waals surface area (Å²) in [7, 11) is 1.77. The van der Waals surface area contributed by atoms with Crippen LogP contribution in [0.2, 0.25) is 0 Å². The van der Waals surface area contributed by atoms with Crippen LogP contribution in [0.5, 0.6) is 5.75 Å². The van der Waals surface area contributed by atoms with Crippen LogP contribution in [0.3, 0.4) is 0 Å². The third-order valence-electron chi connectivity index (χ3n) is 4.73. The summed E-state index contributed by atoms with van der Waals surface area (Å²) in [6, 6.07) is 10.1. The van der Waals surface area contributed by atoms with E-state index in [1.165, 1.54) is 0 Å². The highest BCUT2D eigenvalue weighted by atomic mass is 16.5. The second-order valence-electron chi connectivity index (χ2n) is 6.94. The summed E-state index contributed by atoms with van der Waals surface area (Å²) in [5.41, 5.74) is 2.96. The van der Waals surface area contributed by atoms with Gasteiger partial charge in [0, 0.05) is 37.3 Å². The summed E-state index contributed by atoms with van der Waals surface area (Å²) in [6.07, 6.45) is 3.30. The lowest BCUT2D eigenvalue weighted by Gasteiger charge is -2.17. The van der Waals surface area contributed by atoms with Crippen LogP contribution in [0.15, 0.2) is 36.5 Å². The normalized spacial score (nSPS) is 17.4. The fourth-order valence-corrected chi connectivity index (χ4v) is 3.43. The number of methoxy groups -OCH3 is 1. The van der Waals surface area contributed by atoms with Crippen molar-refractivity contribution in [3.8, 4) is 17.0 Å². The molecule has 1 aliphatic heterocycles. The minimum atomic E-state index is 0.138. The van der Waals surface area contributed by atoms with Crippen molar-refractivity contribution >= 4 is 16.7 Å². The maximum atomic E-state index is 5.84. The summed E-state index contributed by atoms with van der Waals surface area (Å²) in [6.45, 7) is 5.89. The lowest BCUT2D eigenvalue weighted by Crippen LogP contribution is -2.23. The number of hydrogen-bond donors (Lipinski definition) is 1. The Morgan fingerprint density at radius 3 is 2.88 bits per heavy atom. The molecule has 136 valence electrons. The van der Waals surface area contributed by atoms with Gasteiger partial charge in [0.05, 0.1) is 17.7 Å². The summed E-state index contributed by atoms with van der Waals surface area (Å²) in [5, 5.41) is 8.70. The number of nitrogens with one attached hydrogen (secondary N) is 1. The molecule has 0 bridgehead atoms.